The van der Waals surface area contributed by atoms with Crippen molar-refractivity contribution in [3.05, 3.63) is 89.7 Å². The largest absolute Gasteiger partial charge is 0.345 e. The zero-order valence-corrected chi connectivity index (χ0v) is 16.8. The maximum absolute atomic E-state index is 13.4. The van der Waals surface area contributed by atoms with Crippen LogP contribution in [-0.4, -0.2) is 39.1 Å². The standard InChI is InChI=1S/C24H17N5O3/c30-21(27-14-9-10-18-19(11-14)26-13-25-18)12-28-22-15-5-1-2-6-16(15)24(32)29(22)20-8-4-3-7-17(20)23(28)31/h1-11,13,22H,12H2,(H,25,26)(H,27,30)/t22-/m1/s1. The molecule has 3 amide bonds. The Hall–Kier alpha value is -4.46. The normalized spacial score (nSPS) is 16.7. The summed E-state index contributed by atoms with van der Waals surface area (Å²) >= 11 is 0. The number of para-hydroxylation sites is 1. The second-order valence-corrected chi connectivity index (χ2v) is 7.77. The molecule has 0 aliphatic carbocycles. The Morgan fingerprint density at radius 2 is 1.75 bits per heavy atom. The van der Waals surface area contributed by atoms with Crippen molar-refractivity contribution < 1.29 is 14.4 Å². The first-order valence-electron chi connectivity index (χ1n) is 10.2. The lowest BCUT2D eigenvalue weighted by Crippen LogP contribution is -2.50. The Morgan fingerprint density at radius 1 is 0.969 bits per heavy atom. The highest BCUT2D eigenvalue weighted by Gasteiger charge is 2.48. The van der Waals surface area contributed by atoms with E-state index in [9.17, 15) is 14.4 Å². The number of aromatic amines is 1. The van der Waals surface area contributed by atoms with Crippen molar-refractivity contribution in [2.24, 2.45) is 0 Å². The number of nitrogens with one attached hydrogen (secondary N) is 2. The number of rotatable bonds is 3. The van der Waals surface area contributed by atoms with Gasteiger partial charge in [-0.25, -0.2) is 4.98 Å². The molecule has 6 rings (SSSR count). The highest BCUT2D eigenvalue weighted by atomic mass is 16.2. The summed E-state index contributed by atoms with van der Waals surface area (Å²) in [4.78, 5) is 49.8. The molecule has 156 valence electrons. The number of hydrogen-bond acceptors (Lipinski definition) is 4. The lowest BCUT2D eigenvalue weighted by molar-refractivity contribution is -0.117. The van der Waals surface area contributed by atoms with E-state index >= 15 is 0 Å². The minimum absolute atomic E-state index is 0.180. The summed E-state index contributed by atoms with van der Waals surface area (Å²) in [6, 6.07) is 19.6. The van der Waals surface area contributed by atoms with E-state index in [1.807, 2.05) is 12.1 Å². The predicted octanol–water partition coefficient (Wildman–Crippen LogP) is 3.32. The van der Waals surface area contributed by atoms with E-state index < -0.39 is 6.17 Å². The lowest BCUT2D eigenvalue weighted by Gasteiger charge is -2.40. The first-order chi connectivity index (χ1) is 15.6. The molecule has 3 aromatic carbocycles. The zero-order valence-electron chi connectivity index (χ0n) is 16.8. The van der Waals surface area contributed by atoms with Gasteiger partial charge in [-0.1, -0.05) is 30.3 Å². The molecule has 2 N–H and O–H groups in total. The Morgan fingerprint density at radius 3 is 2.62 bits per heavy atom. The Balaban J connectivity index is 1.36. The minimum atomic E-state index is -0.665. The van der Waals surface area contributed by atoms with Crippen LogP contribution in [0.2, 0.25) is 0 Å². The molecule has 0 unspecified atom stereocenters. The average Bonchev–Trinajstić information content (AvgIpc) is 3.39. The summed E-state index contributed by atoms with van der Waals surface area (Å²) in [5.74, 6) is -0.820. The number of benzene rings is 3. The van der Waals surface area contributed by atoms with Crippen molar-refractivity contribution in [3.63, 3.8) is 0 Å². The molecule has 8 heteroatoms. The minimum Gasteiger partial charge on any atom is -0.345 e. The van der Waals surface area contributed by atoms with Gasteiger partial charge in [0.05, 0.1) is 28.6 Å². The van der Waals surface area contributed by atoms with Gasteiger partial charge in [0.1, 0.15) is 12.7 Å². The van der Waals surface area contributed by atoms with Crippen LogP contribution in [0.3, 0.4) is 0 Å². The van der Waals surface area contributed by atoms with Crippen molar-refractivity contribution >= 4 is 40.1 Å². The van der Waals surface area contributed by atoms with Gasteiger partial charge < -0.3 is 15.2 Å². The summed E-state index contributed by atoms with van der Waals surface area (Å²) in [7, 11) is 0. The summed E-state index contributed by atoms with van der Waals surface area (Å²) in [6.07, 6.45) is 0.922. The molecule has 4 aromatic rings. The monoisotopic (exact) mass is 423 g/mol. The van der Waals surface area contributed by atoms with Gasteiger partial charge >= 0.3 is 0 Å². The summed E-state index contributed by atoms with van der Waals surface area (Å²) in [5, 5.41) is 2.85. The second kappa shape index (κ2) is 6.78. The number of nitrogens with zero attached hydrogens (tertiary/aromatic N) is 3. The number of fused-ring (bicyclic) bond motifs is 6. The molecule has 2 aliphatic rings. The second-order valence-electron chi connectivity index (χ2n) is 7.77. The number of carbonyl (C=O) groups excluding carboxylic acids is 3. The van der Waals surface area contributed by atoms with E-state index in [0.717, 1.165) is 11.0 Å². The van der Waals surface area contributed by atoms with Gasteiger partial charge in [-0.15, -0.1) is 0 Å². The fraction of sp³-hybridized carbons (Fsp3) is 0.0833. The maximum Gasteiger partial charge on any atom is 0.260 e. The topological polar surface area (TPSA) is 98.4 Å². The number of anilines is 2. The molecule has 0 bridgehead atoms. The van der Waals surface area contributed by atoms with Crippen molar-refractivity contribution in [1.82, 2.24) is 14.9 Å². The molecular formula is C24H17N5O3. The van der Waals surface area contributed by atoms with E-state index in [-0.39, 0.29) is 24.3 Å². The molecule has 0 radical (unpaired) electrons. The first-order valence-corrected chi connectivity index (χ1v) is 10.2. The van der Waals surface area contributed by atoms with E-state index in [2.05, 4.69) is 15.3 Å². The smallest absolute Gasteiger partial charge is 0.260 e. The number of hydrogen-bond donors (Lipinski definition) is 2. The van der Waals surface area contributed by atoms with Gasteiger partial charge in [0.2, 0.25) is 5.91 Å². The Bertz CT molecular complexity index is 1430. The summed E-state index contributed by atoms with van der Waals surface area (Å²) in [5.41, 5.74) is 4.40. The zero-order chi connectivity index (χ0) is 21.8. The van der Waals surface area contributed by atoms with Crippen LogP contribution in [0.1, 0.15) is 32.4 Å². The third-order valence-corrected chi connectivity index (χ3v) is 5.90. The summed E-state index contributed by atoms with van der Waals surface area (Å²) in [6.45, 7) is -0.197. The average molecular weight is 423 g/mol. The molecule has 0 saturated carbocycles. The molecule has 1 aromatic heterocycles. The SMILES string of the molecule is O=C(CN1C(=O)c2ccccc2N2C(=O)c3ccccc3[C@H]12)Nc1ccc2nc[nH]c2c1. The van der Waals surface area contributed by atoms with E-state index in [1.54, 1.807) is 65.8 Å². The molecule has 1 atom stereocenters. The van der Waals surface area contributed by atoms with Crippen molar-refractivity contribution in [3.8, 4) is 0 Å². The fourth-order valence-electron chi connectivity index (χ4n) is 4.50. The van der Waals surface area contributed by atoms with Crippen molar-refractivity contribution in [2.45, 2.75) is 6.17 Å². The number of amides is 3. The highest BCUT2D eigenvalue weighted by Crippen LogP contribution is 2.44. The quantitative estimate of drug-likeness (QED) is 0.528. The number of H-pyrrole nitrogens is 1. The molecule has 0 spiro atoms. The first kappa shape index (κ1) is 18.3. The molecule has 8 nitrogen and oxygen atoms in total. The molecule has 0 fully saturated rings. The summed E-state index contributed by atoms with van der Waals surface area (Å²) < 4.78 is 0. The Labute approximate surface area is 182 Å². The van der Waals surface area contributed by atoms with Crippen LogP contribution < -0.4 is 10.2 Å². The van der Waals surface area contributed by atoms with Crippen molar-refractivity contribution in [1.29, 1.82) is 0 Å². The molecule has 3 heterocycles. The molecule has 2 aliphatic heterocycles. The van der Waals surface area contributed by atoms with E-state index in [4.69, 9.17) is 0 Å². The maximum atomic E-state index is 13.4. The Kier molecular flexibility index (Phi) is 3.88. The van der Waals surface area contributed by atoms with Gasteiger partial charge in [0.25, 0.3) is 11.8 Å². The van der Waals surface area contributed by atoms with Crippen LogP contribution in [-0.2, 0) is 4.79 Å². The third kappa shape index (κ3) is 2.63. The molecule has 32 heavy (non-hydrogen) atoms. The van der Waals surface area contributed by atoms with Crippen LogP contribution in [0.4, 0.5) is 11.4 Å². The van der Waals surface area contributed by atoms with Crippen LogP contribution in [0.5, 0.6) is 0 Å². The van der Waals surface area contributed by atoms with Gasteiger partial charge in [0, 0.05) is 16.8 Å². The van der Waals surface area contributed by atoms with Crippen LogP contribution in [0, 0.1) is 0 Å². The fourth-order valence-corrected chi connectivity index (χ4v) is 4.50. The van der Waals surface area contributed by atoms with Gasteiger partial charge in [-0.2, -0.15) is 0 Å². The van der Waals surface area contributed by atoms with Gasteiger partial charge in [0.15, 0.2) is 0 Å². The van der Waals surface area contributed by atoms with Crippen molar-refractivity contribution in [2.75, 3.05) is 16.8 Å². The predicted molar refractivity (Wildman–Crippen MR) is 118 cm³/mol. The lowest BCUT2D eigenvalue weighted by atomic mass is 10.0. The van der Waals surface area contributed by atoms with Crippen LogP contribution in [0.15, 0.2) is 73.1 Å². The van der Waals surface area contributed by atoms with E-state index in [1.165, 1.54) is 4.90 Å². The van der Waals surface area contributed by atoms with Crippen LogP contribution >= 0.6 is 0 Å². The van der Waals surface area contributed by atoms with E-state index in [0.29, 0.717) is 28.1 Å². The van der Waals surface area contributed by atoms with Gasteiger partial charge in [-0.3, -0.25) is 19.3 Å². The third-order valence-electron chi connectivity index (χ3n) is 5.90. The molecular weight excluding hydrogens is 406 g/mol. The highest BCUT2D eigenvalue weighted by molar-refractivity contribution is 6.17. The van der Waals surface area contributed by atoms with Gasteiger partial charge in [-0.05, 0) is 36.4 Å². The molecule has 0 saturated heterocycles. The number of imidazole rings is 1. The van der Waals surface area contributed by atoms with Crippen LogP contribution in [0.25, 0.3) is 11.0 Å². The number of carbonyl (C=O) groups is 3. The number of aromatic nitrogens is 2.